The zero-order chi connectivity index (χ0) is 20.1. The predicted molar refractivity (Wildman–Crippen MR) is 114 cm³/mol. The maximum Gasteiger partial charge on any atom is 0.252 e. The van der Waals surface area contributed by atoms with E-state index in [0.717, 1.165) is 23.1 Å². The molecule has 3 rings (SSSR count). The van der Waals surface area contributed by atoms with E-state index in [-0.39, 0.29) is 5.91 Å². The van der Waals surface area contributed by atoms with E-state index in [4.69, 9.17) is 4.98 Å². The highest BCUT2D eigenvalue weighted by molar-refractivity contribution is 6.07. The van der Waals surface area contributed by atoms with Crippen LogP contribution in [0.2, 0.25) is 0 Å². The van der Waals surface area contributed by atoms with Crippen LogP contribution in [0.4, 0.5) is 0 Å². The first-order valence-corrected chi connectivity index (χ1v) is 9.82. The molecule has 5 nitrogen and oxygen atoms in total. The van der Waals surface area contributed by atoms with Gasteiger partial charge in [-0.3, -0.25) is 14.7 Å². The van der Waals surface area contributed by atoms with E-state index in [1.165, 1.54) is 0 Å². The second kappa shape index (κ2) is 8.93. The van der Waals surface area contributed by atoms with Crippen LogP contribution in [-0.4, -0.2) is 45.9 Å². The number of fused-ring (bicyclic) bond motifs is 1. The second-order valence-electron chi connectivity index (χ2n) is 7.47. The molecule has 0 atom stereocenters. The molecule has 1 amide bonds. The van der Waals surface area contributed by atoms with Gasteiger partial charge in [0.1, 0.15) is 0 Å². The van der Waals surface area contributed by atoms with E-state index in [2.05, 4.69) is 42.9 Å². The van der Waals surface area contributed by atoms with Gasteiger partial charge in [0.05, 0.1) is 22.5 Å². The fourth-order valence-corrected chi connectivity index (χ4v) is 3.52. The van der Waals surface area contributed by atoms with Crippen LogP contribution in [-0.2, 0) is 0 Å². The van der Waals surface area contributed by atoms with E-state index >= 15 is 0 Å². The smallest absolute Gasteiger partial charge is 0.252 e. The normalized spacial score (nSPS) is 11.5. The third kappa shape index (κ3) is 4.54. The van der Waals surface area contributed by atoms with Crippen molar-refractivity contribution in [3.63, 3.8) is 0 Å². The summed E-state index contributed by atoms with van der Waals surface area (Å²) < 4.78 is 0. The quantitative estimate of drug-likeness (QED) is 0.673. The summed E-state index contributed by atoms with van der Waals surface area (Å²) in [5.41, 5.74) is 2.89. The average molecular weight is 377 g/mol. The van der Waals surface area contributed by atoms with E-state index in [1.54, 1.807) is 6.20 Å². The number of nitrogens with zero attached hydrogens (tertiary/aromatic N) is 3. The van der Waals surface area contributed by atoms with Crippen molar-refractivity contribution in [1.29, 1.82) is 0 Å². The van der Waals surface area contributed by atoms with Gasteiger partial charge in [-0.25, -0.2) is 4.98 Å². The summed E-state index contributed by atoms with van der Waals surface area (Å²) in [6, 6.07) is 16.1. The Morgan fingerprint density at radius 3 is 2.39 bits per heavy atom. The minimum Gasteiger partial charge on any atom is -0.351 e. The Balaban J connectivity index is 1.86. The van der Waals surface area contributed by atoms with Crippen LogP contribution in [0.15, 0.2) is 54.7 Å². The van der Waals surface area contributed by atoms with Crippen molar-refractivity contribution < 1.29 is 4.79 Å². The highest BCUT2D eigenvalue weighted by Gasteiger charge is 2.16. The first-order valence-electron chi connectivity index (χ1n) is 9.82. The molecule has 146 valence electrons. The number of nitrogens with one attached hydrogen (secondary N) is 1. The van der Waals surface area contributed by atoms with Gasteiger partial charge >= 0.3 is 0 Å². The van der Waals surface area contributed by atoms with Crippen LogP contribution in [0.5, 0.6) is 0 Å². The molecule has 0 fully saturated rings. The van der Waals surface area contributed by atoms with Gasteiger partial charge in [0.2, 0.25) is 0 Å². The molecule has 28 heavy (non-hydrogen) atoms. The highest BCUT2D eigenvalue weighted by Crippen LogP contribution is 2.23. The number of benzene rings is 1. The molecular weight excluding hydrogens is 348 g/mol. The largest absolute Gasteiger partial charge is 0.351 e. The first-order chi connectivity index (χ1) is 13.5. The van der Waals surface area contributed by atoms with Crippen LogP contribution < -0.4 is 5.32 Å². The monoisotopic (exact) mass is 376 g/mol. The van der Waals surface area contributed by atoms with Crippen LogP contribution >= 0.6 is 0 Å². The van der Waals surface area contributed by atoms with Crippen LogP contribution in [0.25, 0.3) is 22.3 Å². The lowest BCUT2D eigenvalue weighted by Gasteiger charge is -2.30. The third-order valence-electron chi connectivity index (χ3n) is 4.87. The molecular formula is C23H28N4O. The minimum absolute atomic E-state index is 0.0803. The molecule has 2 aromatic heterocycles. The van der Waals surface area contributed by atoms with Crippen LogP contribution in [0.1, 0.15) is 38.1 Å². The third-order valence-corrected chi connectivity index (χ3v) is 4.87. The summed E-state index contributed by atoms with van der Waals surface area (Å²) >= 11 is 0. The number of para-hydroxylation sites is 1. The summed E-state index contributed by atoms with van der Waals surface area (Å²) in [6.45, 7) is 10.1. The maximum absolute atomic E-state index is 13.0. The number of pyridine rings is 2. The van der Waals surface area contributed by atoms with Gasteiger partial charge in [0.15, 0.2) is 0 Å². The van der Waals surface area contributed by atoms with Crippen molar-refractivity contribution in [2.75, 3.05) is 13.1 Å². The highest BCUT2D eigenvalue weighted by atomic mass is 16.1. The Morgan fingerprint density at radius 2 is 1.71 bits per heavy atom. The fourth-order valence-electron chi connectivity index (χ4n) is 3.52. The zero-order valence-corrected chi connectivity index (χ0v) is 17.0. The molecule has 1 aromatic carbocycles. The van der Waals surface area contributed by atoms with Gasteiger partial charge in [0, 0.05) is 36.8 Å². The summed E-state index contributed by atoms with van der Waals surface area (Å²) in [7, 11) is 0. The molecule has 3 aromatic rings. The minimum atomic E-state index is -0.0803. The Labute approximate surface area is 166 Å². The van der Waals surface area contributed by atoms with Crippen molar-refractivity contribution in [2.24, 2.45) is 0 Å². The van der Waals surface area contributed by atoms with Gasteiger partial charge < -0.3 is 5.32 Å². The molecule has 0 saturated heterocycles. The number of carbonyl (C=O) groups excluding carboxylic acids is 1. The van der Waals surface area contributed by atoms with E-state index in [1.807, 2.05) is 48.5 Å². The summed E-state index contributed by atoms with van der Waals surface area (Å²) in [6.07, 6.45) is 1.73. The molecule has 0 unspecified atom stereocenters. The number of hydrogen-bond donors (Lipinski definition) is 1. The number of rotatable bonds is 7. The van der Waals surface area contributed by atoms with E-state index in [9.17, 15) is 4.79 Å². The molecule has 0 saturated carbocycles. The lowest BCUT2D eigenvalue weighted by atomic mass is 10.1. The molecule has 5 heteroatoms. The van der Waals surface area contributed by atoms with Crippen molar-refractivity contribution in [3.05, 3.63) is 60.3 Å². The SMILES string of the molecule is CC(C)N(CCNC(=O)c1cc(-c2ccccn2)nc2ccccc12)C(C)C. The summed E-state index contributed by atoms with van der Waals surface area (Å²) in [4.78, 5) is 24.4. The lowest BCUT2D eigenvalue weighted by Crippen LogP contribution is -2.42. The number of hydrogen-bond acceptors (Lipinski definition) is 4. The van der Waals surface area contributed by atoms with Gasteiger partial charge in [-0.2, -0.15) is 0 Å². The maximum atomic E-state index is 13.0. The first kappa shape index (κ1) is 20.0. The average Bonchev–Trinajstić information content (AvgIpc) is 2.70. The molecule has 0 spiro atoms. The Morgan fingerprint density at radius 1 is 1.00 bits per heavy atom. The molecule has 0 aliphatic carbocycles. The number of aromatic nitrogens is 2. The molecule has 1 N–H and O–H groups in total. The second-order valence-corrected chi connectivity index (χ2v) is 7.47. The van der Waals surface area contributed by atoms with Gasteiger partial charge in [-0.1, -0.05) is 24.3 Å². The Hall–Kier alpha value is -2.79. The lowest BCUT2D eigenvalue weighted by molar-refractivity contribution is 0.0941. The Bertz CT molecular complexity index is 930. The predicted octanol–water partition coefficient (Wildman–Crippen LogP) is 4.15. The van der Waals surface area contributed by atoms with Crippen molar-refractivity contribution >= 4 is 16.8 Å². The molecule has 0 bridgehead atoms. The molecule has 0 aliphatic rings. The van der Waals surface area contributed by atoms with Crippen LogP contribution in [0, 0.1) is 0 Å². The van der Waals surface area contributed by atoms with Crippen molar-refractivity contribution in [1.82, 2.24) is 20.2 Å². The number of amides is 1. The van der Waals surface area contributed by atoms with E-state index < -0.39 is 0 Å². The molecule has 0 aliphatic heterocycles. The summed E-state index contributed by atoms with van der Waals surface area (Å²) in [5.74, 6) is -0.0803. The van der Waals surface area contributed by atoms with Gasteiger partial charge in [-0.05, 0) is 52.0 Å². The fraction of sp³-hybridized carbons (Fsp3) is 0.348. The standard InChI is InChI=1S/C23H28N4O/c1-16(2)27(17(3)4)14-13-25-23(28)19-15-22(21-11-7-8-12-24-21)26-20-10-6-5-9-18(19)20/h5-12,15-17H,13-14H2,1-4H3,(H,25,28). The van der Waals surface area contributed by atoms with Crippen LogP contribution in [0.3, 0.4) is 0 Å². The van der Waals surface area contributed by atoms with E-state index in [0.29, 0.717) is 29.9 Å². The molecule has 2 heterocycles. The van der Waals surface area contributed by atoms with Gasteiger partial charge in [-0.15, -0.1) is 0 Å². The summed E-state index contributed by atoms with van der Waals surface area (Å²) in [5, 5.41) is 3.93. The van der Waals surface area contributed by atoms with Crippen molar-refractivity contribution in [2.45, 2.75) is 39.8 Å². The number of carbonyl (C=O) groups is 1. The molecule has 0 radical (unpaired) electrons. The Kier molecular flexibility index (Phi) is 6.37. The van der Waals surface area contributed by atoms with Crippen molar-refractivity contribution in [3.8, 4) is 11.4 Å². The van der Waals surface area contributed by atoms with Gasteiger partial charge in [0.25, 0.3) is 5.91 Å². The zero-order valence-electron chi connectivity index (χ0n) is 17.0. The topological polar surface area (TPSA) is 58.1 Å².